The predicted octanol–water partition coefficient (Wildman–Crippen LogP) is 2.37. The van der Waals surface area contributed by atoms with E-state index in [0.29, 0.717) is 30.4 Å². The molecule has 0 spiro atoms. The molecule has 0 saturated heterocycles. The molecule has 1 heterocycles. The molecule has 0 aromatic carbocycles. The fourth-order valence-electron chi connectivity index (χ4n) is 4.11. The number of amides is 2. The highest BCUT2D eigenvalue weighted by atomic mass is 16.5. The van der Waals surface area contributed by atoms with Crippen LogP contribution in [-0.2, 0) is 17.6 Å². The van der Waals surface area contributed by atoms with E-state index in [1.165, 1.54) is 38.5 Å². The number of rotatable bonds is 6. The summed E-state index contributed by atoms with van der Waals surface area (Å²) in [7, 11) is 0. The molecular formula is C19H27N3O3. The number of carbonyl (C=O) groups is 2. The van der Waals surface area contributed by atoms with Crippen LogP contribution in [0.5, 0.6) is 0 Å². The minimum atomic E-state index is -0.144. The molecule has 2 amide bonds. The summed E-state index contributed by atoms with van der Waals surface area (Å²) in [6, 6.07) is 0.0794. The van der Waals surface area contributed by atoms with Crippen LogP contribution in [0.15, 0.2) is 4.52 Å². The van der Waals surface area contributed by atoms with Gasteiger partial charge in [0.05, 0.1) is 0 Å². The van der Waals surface area contributed by atoms with Gasteiger partial charge in [-0.25, -0.2) is 0 Å². The van der Waals surface area contributed by atoms with Gasteiger partial charge in [-0.3, -0.25) is 9.59 Å². The number of nitrogens with zero attached hydrogens (tertiary/aromatic N) is 1. The van der Waals surface area contributed by atoms with Crippen LogP contribution < -0.4 is 10.6 Å². The average molecular weight is 345 g/mol. The van der Waals surface area contributed by atoms with Gasteiger partial charge in [0.1, 0.15) is 5.76 Å². The summed E-state index contributed by atoms with van der Waals surface area (Å²) < 4.78 is 5.37. The summed E-state index contributed by atoms with van der Waals surface area (Å²) in [6.45, 7) is 0.724. The molecule has 1 aromatic heterocycles. The Bertz CT molecular complexity index is 644. The first kappa shape index (κ1) is 16.6. The predicted molar refractivity (Wildman–Crippen MR) is 92.1 cm³/mol. The zero-order valence-electron chi connectivity index (χ0n) is 14.7. The van der Waals surface area contributed by atoms with Crippen molar-refractivity contribution in [3.8, 4) is 0 Å². The second-order valence-electron chi connectivity index (χ2n) is 7.95. The Morgan fingerprint density at radius 3 is 2.64 bits per heavy atom. The largest absolute Gasteiger partial charge is 0.360 e. The second kappa shape index (κ2) is 7.18. The molecule has 0 radical (unpaired) electrons. The van der Waals surface area contributed by atoms with Gasteiger partial charge < -0.3 is 15.2 Å². The monoisotopic (exact) mass is 345 g/mol. The first-order valence-electron chi connectivity index (χ1n) is 9.74. The molecule has 2 saturated carbocycles. The standard InChI is InChI=1S/C19H27N3O3/c23-17(9-12-3-1-2-4-12)21-14-7-8-16-15(10-14)18(22-25-16)19(24)20-11-13-5-6-13/h12-14H,1-11H2,(H,20,24)(H,21,23). The number of hydrogen-bond acceptors (Lipinski definition) is 4. The molecular weight excluding hydrogens is 318 g/mol. The van der Waals surface area contributed by atoms with Gasteiger partial charge in [0.2, 0.25) is 5.91 Å². The van der Waals surface area contributed by atoms with E-state index < -0.39 is 0 Å². The van der Waals surface area contributed by atoms with Crippen molar-refractivity contribution in [2.45, 2.75) is 70.3 Å². The zero-order valence-corrected chi connectivity index (χ0v) is 14.7. The smallest absolute Gasteiger partial charge is 0.273 e. The topological polar surface area (TPSA) is 84.2 Å². The molecule has 6 heteroatoms. The van der Waals surface area contributed by atoms with Crippen LogP contribution in [0.3, 0.4) is 0 Å². The summed E-state index contributed by atoms with van der Waals surface area (Å²) in [5.74, 6) is 2.00. The fourth-order valence-corrected chi connectivity index (χ4v) is 4.11. The number of aromatic nitrogens is 1. The van der Waals surface area contributed by atoms with Crippen molar-refractivity contribution in [1.29, 1.82) is 0 Å². The summed E-state index contributed by atoms with van der Waals surface area (Å²) in [5.41, 5.74) is 1.29. The Kier molecular flexibility index (Phi) is 4.77. The molecule has 2 fully saturated rings. The minimum Gasteiger partial charge on any atom is -0.360 e. The first-order chi connectivity index (χ1) is 12.2. The minimum absolute atomic E-state index is 0.0794. The quantitative estimate of drug-likeness (QED) is 0.829. The molecule has 25 heavy (non-hydrogen) atoms. The zero-order chi connectivity index (χ0) is 17.2. The Hall–Kier alpha value is -1.85. The van der Waals surface area contributed by atoms with Gasteiger partial charge in [-0.05, 0) is 50.4 Å². The lowest BCUT2D eigenvalue weighted by molar-refractivity contribution is -0.122. The van der Waals surface area contributed by atoms with Crippen molar-refractivity contribution in [3.05, 3.63) is 17.0 Å². The molecule has 1 atom stereocenters. The lowest BCUT2D eigenvalue weighted by Crippen LogP contribution is -2.39. The van der Waals surface area contributed by atoms with Crippen LogP contribution in [-0.4, -0.2) is 29.6 Å². The summed E-state index contributed by atoms with van der Waals surface area (Å²) >= 11 is 0. The van der Waals surface area contributed by atoms with E-state index in [-0.39, 0.29) is 17.9 Å². The molecule has 1 aromatic rings. The van der Waals surface area contributed by atoms with E-state index in [1.54, 1.807) is 0 Å². The highest BCUT2D eigenvalue weighted by Gasteiger charge is 2.31. The highest BCUT2D eigenvalue weighted by molar-refractivity contribution is 5.94. The molecule has 3 aliphatic carbocycles. The van der Waals surface area contributed by atoms with Crippen molar-refractivity contribution in [2.24, 2.45) is 11.8 Å². The van der Waals surface area contributed by atoms with E-state index in [9.17, 15) is 9.59 Å². The summed E-state index contributed by atoms with van der Waals surface area (Å²) in [6.07, 6.45) is 10.1. The number of nitrogens with one attached hydrogen (secondary N) is 2. The summed E-state index contributed by atoms with van der Waals surface area (Å²) in [4.78, 5) is 24.6. The van der Waals surface area contributed by atoms with Gasteiger partial charge >= 0.3 is 0 Å². The van der Waals surface area contributed by atoms with Crippen LogP contribution in [0.1, 0.15) is 73.2 Å². The van der Waals surface area contributed by atoms with Crippen molar-refractivity contribution in [2.75, 3.05) is 6.54 Å². The van der Waals surface area contributed by atoms with Crippen LogP contribution >= 0.6 is 0 Å². The Balaban J connectivity index is 1.33. The maximum atomic E-state index is 12.3. The average Bonchev–Trinajstić information content (AvgIpc) is 3.11. The van der Waals surface area contributed by atoms with E-state index in [4.69, 9.17) is 4.52 Å². The van der Waals surface area contributed by atoms with E-state index in [0.717, 1.165) is 30.7 Å². The number of hydrogen-bond donors (Lipinski definition) is 2. The van der Waals surface area contributed by atoms with Gasteiger partial charge in [-0.1, -0.05) is 18.0 Å². The van der Waals surface area contributed by atoms with Gasteiger partial charge in [0.15, 0.2) is 5.69 Å². The second-order valence-corrected chi connectivity index (χ2v) is 7.95. The van der Waals surface area contributed by atoms with Crippen molar-refractivity contribution < 1.29 is 14.1 Å². The summed E-state index contributed by atoms with van der Waals surface area (Å²) in [5, 5.41) is 10.1. The van der Waals surface area contributed by atoms with Gasteiger partial charge in [-0.15, -0.1) is 0 Å². The van der Waals surface area contributed by atoms with Gasteiger partial charge in [0.25, 0.3) is 5.91 Å². The van der Waals surface area contributed by atoms with E-state index >= 15 is 0 Å². The Labute approximate surface area is 148 Å². The maximum absolute atomic E-state index is 12.3. The van der Waals surface area contributed by atoms with Crippen LogP contribution in [0, 0.1) is 11.8 Å². The number of aryl methyl sites for hydroxylation is 1. The van der Waals surface area contributed by atoms with Crippen LogP contribution in [0.2, 0.25) is 0 Å². The number of fused-ring (bicyclic) bond motifs is 1. The van der Waals surface area contributed by atoms with Crippen molar-refractivity contribution in [3.63, 3.8) is 0 Å². The van der Waals surface area contributed by atoms with E-state index in [1.807, 2.05) is 0 Å². The molecule has 1 unspecified atom stereocenters. The number of carbonyl (C=O) groups excluding carboxylic acids is 2. The molecule has 2 N–H and O–H groups in total. The van der Waals surface area contributed by atoms with Crippen LogP contribution in [0.4, 0.5) is 0 Å². The van der Waals surface area contributed by atoms with Gasteiger partial charge in [-0.2, -0.15) is 0 Å². The van der Waals surface area contributed by atoms with Crippen molar-refractivity contribution in [1.82, 2.24) is 15.8 Å². The lowest BCUT2D eigenvalue weighted by atomic mass is 9.91. The maximum Gasteiger partial charge on any atom is 0.273 e. The van der Waals surface area contributed by atoms with Crippen LogP contribution in [0.25, 0.3) is 0 Å². The third-order valence-electron chi connectivity index (χ3n) is 5.82. The SMILES string of the molecule is O=C(CC1CCCC1)NC1CCc2onc(C(=O)NCC3CC3)c2C1. The third-order valence-corrected chi connectivity index (χ3v) is 5.82. The third kappa shape index (κ3) is 4.05. The molecule has 0 bridgehead atoms. The normalized spacial score (nSPS) is 23.3. The Morgan fingerprint density at radius 2 is 1.88 bits per heavy atom. The Morgan fingerprint density at radius 1 is 1.08 bits per heavy atom. The molecule has 136 valence electrons. The molecule has 4 rings (SSSR count). The highest BCUT2D eigenvalue weighted by Crippen LogP contribution is 2.29. The first-order valence-corrected chi connectivity index (χ1v) is 9.74. The molecule has 6 nitrogen and oxygen atoms in total. The van der Waals surface area contributed by atoms with Crippen molar-refractivity contribution >= 4 is 11.8 Å². The lowest BCUT2D eigenvalue weighted by Gasteiger charge is -2.23. The molecule has 0 aliphatic heterocycles. The van der Waals surface area contributed by atoms with Gasteiger partial charge in [0, 0.05) is 31.0 Å². The van der Waals surface area contributed by atoms with E-state index in [2.05, 4.69) is 15.8 Å². The fraction of sp³-hybridized carbons (Fsp3) is 0.737. The molecule has 3 aliphatic rings.